The third kappa shape index (κ3) is 6.12. The number of halogens is 2. The van der Waals surface area contributed by atoms with Crippen LogP contribution in [0.1, 0.15) is 24.2 Å². The van der Waals surface area contributed by atoms with Crippen LogP contribution in [0.4, 0.5) is 0 Å². The minimum atomic E-state index is -3.74. The van der Waals surface area contributed by atoms with E-state index in [0.717, 1.165) is 25.9 Å². The Bertz CT molecular complexity index is 1020. The van der Waals surface area contributed by atoms with Crippen LogP contribution in [0.15, 0.2) is 23.1 Å². The van der Waals surface area contributed by atoms with Crippen molar-refractivity contribution in [3.8, 4) is 5.75 Å². The van der Waals surface area contributed by atoms with Gasteiger partial charge in [0.25, 0.3) is 0 Å². The van der Waals surface area contributed by atoms with Crippen molar-refractivity contribution in [1.29, 1.82) is 0 Å². The standard InChI is InChI=1S/C20H28Cl2N4O4S/c1-13-20(14(2)25(3)24-13)31(28,29)23-11-15(27)12-26-8-6-16(7-9-26)30-17-4-5-18(21)19(22)10-17/h4-5,10,15-16,23,27H,6-9,11-12H2,1-3H3/t15-/m0/s1. The van der Waals surface area contributed by atoms with Crippen molar-refractivity contribution in [2.75, 3.05) is 26.2 Å². The molecule has 0 saturated carbocycles. The number of benzene rings is 1. The zero-order valence-electron chi connectivity index (χ0n) is 17.8. The second-order valence-corrected chi connectivity index (χ2v) is 10.3. The van der Waals surface area contributed by atoms with E-state index in [0.29, 0.717) is 33.7 Å². The van der Waals surface area contributed by atoms with Gasteiger partial charge in [0.15, 0.2) is 0 Å². The Hall–Kier alpha value is -1.36. The molecule has 1 fully saturated rings. The van der Waals surface area contributed by atoms with E-state index in [-0.39, 0.29) is 17.5 Å². The van der Waals surface area contributed by atoms with Crippen molar-refractivity contribution in [2.24, 2.45) is 7.05 Å². The van der Waals surface area contributed by atoms with Gasteiger partial charge in [-0.1, -0.05) is 23.2 Å². The number of aliphatic hydroxyl groups is 1. The van der Waals surface area contributed by atoms with Gasteiger partial charge in [0.1, 0.15) is 16.7 Å². The number of nitrogens with zero attached hydrogens (tertiary/aromatic N) is 3. The number of likely N-dealkylation sites (tertiary alicyclic amines) is 1. The molecule has 0 spiro atoms. The van der Waals surface area contributed by atoms with Crippen molar-refractivity contribution in [2.45, 2.75) is 43.8 Å². The van der Waals surface area contributed by atoms with Gasteiger partial charge in [0, 0.05) is 39.3 Å². The summed E-state index contributed by atoms with van der Waals surface area (Å²) in [5, 5.41) is 15.5. The highest BCUT2D eigenvalue weighted by atomic mass is 35.5. The number of rotatable bonds is 8. The lowest BCUT2D eigenvalue weighted by Crippen LogP contribution is -2.45. The molecule has 1 aliphatic heterocycles. The molecule has 11 heteroatoms. The number of aliphatic hydroxyl groups excluding tert-OH is 1. The van der Waals surface area contributed by atoms with Gasteiger partial charge in [-0.3, -0.25) is 4.68 Å². The maximum Gasteiger partial charge on any atom is 0.244 e. The molecule has 0 amide bonds. The molecule has 1 aromatic heterocycles. The molecule has 2 aromatic rings. The summed E-state index contributed by atoms with van der Waals surface area (Å²) in [6, 6.07) is 5.21. The molecule has 0 aliphatic carbocycles. The lowest BCUT2D eigenvalue weighted by atomic mass is 10.1. The average Bonchev–Trinajstić information content (AvgIpc) is 2.97. The summed E-state index contributed by atoms with van der Waals surface area (Å²) < 4.78 is 35.3. The predicted octanol–water partition coefficient (Wildman–Crippen LogP) is 2.53. The lowest BCUT2D eigenvalue weighted by molar-refractivity contribution is 0.0630. The molecule has 1 saturated heterocycles. The third-order valence-electron chi connectivity index (χ3n) is 5.42. The van der Waals surface area contributed by atoms with Crippen LogP contribution >= 0.6 is 23.2 Å². The van der Waals surface area contributed by atoms with Crippen molar-refractivity contribution < 1.29 is 18.3 Å². The first-order valence-corrected chi connectivity index (χ1v) is 12.3. The van der Waals surface area contributed by atoms with Crippen LogP contribution in [0, 0.1) is 13.8 Å². The van der Waals surface area contributed by atoms with Gasteiger partial charge in [-0.2, -0.15) is 5.10 Å². The molecule has 8 nitrogen and oxygen atoms in total. The molecule has 0 radical (unpaired) electrons. The fourth-order valence-electron chi connectivity index (χ4n) is 3.74. The van der Waals surface area contributed by atoms with Crippen LogP contribution in [0.25, 0.3) is 0 Å². The summed E-state index contributed by atoms with van der Waals surface area (Å²) in [4.78, 5) is 2.27. The Morgan fingerprint density at radius 3 is 2.52 bits per heavy atom. The maximum atomic E-state index is 12.6. The number of sulfonamides is 1. The number of ether oxygens (including phenoxy) is 1. The highest BCUT2D eigenvalue weighted by Crippen LogP contribution is 2.28. The largest absolute Gasteiger partial charge is 0.490 e. The molecule has 3 rings (SSSR count). The van der Waals surface area contributed by atoms with Gasteiger partial charge in [-0.25, -0.2) is 13.1 Å². The summed E-state index contributed by atoms with van der Waals surface area (Å²) in [7, 11) is -2.04. The van der Waals surface area contributed by atoms with E-state index in [1.54, 1.807) is 39.1 Å². The number of piperidine rings is 1. The third-order valence-corrected chi connectivity index (χ3v) is 7.83. The van der Waals surface area contributed by atoms with Crippen LogP contribution in [-0.4, -0.2) is 66.6 Å². The Kier molecular flexibility index (Phi) is 7.88. The van der Waals surface area contributed by atoms with Crippen LogP contribution < -0.4 is 9.46 Å². The van der Waals surface area contributed by atoms with Crippen molar-refractivity contribution in [3.05, 3.63) is 39.6 Å². The average molecular weight is 491 g/mol. The van der Waals surface area contributed by atoms with Crippen molar-refractivity contribution in [3.63, 3.8) is 0 Å². The Balaban J connectivity index is 1.45. The zero-order chi connectivity index (χ0) is 22.8. The number of hydrogen-bond donors (Lipinski definition) is 2. The van der Waals surface area contributed by atoms with Crippen LogP contribution in [0.2, 0.25) is 10.0 Å². The van der Waals surface area contributed by atoms with E-state index in [4.69, 9.17) is 27.9 Å². The number of aromatic nitrogens is 2. The molecule has 1 aromatic carbocycles. The molecule has 31 heavy (non-hydrogen) atoms. The Labute approximate surface area is 193 Å². The Morgan fingerprint density at radius 1 is 1.26 bits per heavy atom. The minimum absolute atomic E-state index is 0.0562. The van der Waals surface area contributed by atoms with E-state index in [1.165, 1.54) is 4.68 Å². The fraction of sp³-hybridized carbons (Fsp3) is 0.550. The second-order valence-electron chi connectivity index (χ2n) is 7.82. The SMILES string of the molecule is Cc1nn(C)c(C)c1S(=O)(=O)NC[C@H](O)CN1CCC(Oc2ccc(Cl)c(Cl)c2)CC1. The predicted molar refractivity (Wildman–Crippen MR) is 120 cm³/mol. The van der Waals surface area contributed by atoms with Crippen LogP contribution in [-0.2, 0) is 17.1 Å². The molecule has 2 heterocycles. The fourth-order valence-corrected chi connectivity index (χ4v) is 5.53. The van der Waals surface area contributed by atoms with E-state index in [2.05, 4.69) is 14.7 Å². The summed E-state index contributed by atoms with van der Waals surface area (Å²) in [5.41, 5.74) is 0.995. The molecule has 0 bridgehead atoms. The van der Waals surface area contributed by atoms with Gasteiger partial charge in [0.05, 0.1) is 27.5 Å². The number of nitrogens with one attached hydrogen (secondary N) is 1. The molecule has 0 unspecified atom stereocenters. The van der Waals surface area contributed by atoms with Gasteiger partial charge in [-0.15, -0.1) is 0 Å². The molecule has 1 atom stereocenters. The highest BCUT2D eigenvalue weighted by Gasteiger charge is 2.26. The second kappa shape index (κ2) is 10.1. The lowest BCUT2D eigenvalue weighted by Gasteiger charge is -2.33. The maximum absolute atomic E-state index is 12.6. The van der Waals surface area contributed by atoms with Gasteiger partial charge < -0.3 is 14.7 Å². The monoisotopic (exact) mass is 490 g/mol. The summed E-state index contributed by atoms with van der Waals surface area (Å²) in [6.07, 6.45) is 0.833. The zero-order valence-corrected chi connectivity index (χ0v) is 20.1. The molecular formula is C20H28Cl2N4O4S. The van der Waals surface area contributed by atoms with Gasteiger partial charge >= 0.3 is 0 Å². The number of hydrogen-bond acceptors (Lipinski definition) is 6. The minimum Gasteiger partial charge on any atom is -0.490 e. The van der Waals surface area contributed by atoms with Crippen molar-refractivity contribution >= 4 is 33.2 Å². The van der Waals surface area contributed by atoms with Crippen LogP contribution in [0.5, 0.6) is 5.75 Å². The molecule has 1 aliphatic rings. The molecular weight excluding hydrogens is 463 g/mol. The molecule has 172 valence electrons. The van der Waals surface area contributed by atoms with E-state index in [9.17, 15) is 13.5 Å². The van der Waals surface area contributed by atoms with E-state index >= 15 is 0 Å². The van der Waals surface area contributed by atoms with E-state index in [1.807, 2.05) is 0 Å². The van der Waals surface area contributed by atoms with Crippen molar-refractivity contribution in [1.82, 2.24) is 19.4 Å². The van der Waals surface area contributed by atoms with Gasteiger partial charge in [0.2, 0.25) is 10.0 Å². The highest BCUT2D eigenvalue weighted by molar-refractivity contribution is 7.89. The summed E-state index contributed by atoms with van der Waals surface area (Å²) >= 11 is 12.0. The summed E-state index contributed by atoms with van der Waals surface area (Å²) in [6.45, 7) is 5.17. The quantitative estimate of drug-likeness (QED) is 0.589. The first-order valence-electron chi connectivity index (χ1n) is 10.1. The topological polar surface area (TPSA) is 96.7 Å². The first-order chi connectivity index (χ1) is 14.6. The first kappa shape index (κ1) is 24.3. The van der Waals surface area contributed by atoms with Gasteiger partial charge in [-0.05, 0) is 38.8 Å². The van der Waals surface area contributed by atoms with Crippen LogP contribution in [0.3, 0.4) is 0 Å². The number of aryl methyl sites for hydroxylation is 2. The Morgan fingerprint density at radius 2 is 1.94 bits per heavy atom. The normalized spacial score (nSPS) is 17.1. The molecule has 2 N–H and O–H groups in total. The smallest absolute Gasteiger partial charge is 0.244 e. The number of β-amino-alcohol motifs (C(OH)–C–C–N with tert-alkyl or cyclic N) is 1. The summed E-state index contributed by atoms with van der Waals surface area (Å²) in [5.74, 6) is 0.684. The van der Waals surface area contributed by atoms with E-state index < -0.39 is 16.1 Å².